The van der Waals surface area contributed by atoms with Crippen LogP contribution in [-0.4, -0.2) is 67.6 Å². The van der Waals surface area contributed by atoms with Gasteiger partial charge in [0, 0.05) is 39.8 Å². The van der Waals surface area contributed by atoms with Gasteiger partial charge in [0.1, 0.15) is 6.61 Å². The Kier molecular flexibility index (Phi) is 6.60. The van der Waals surface area contributed by atoms with Gasteiger partial charge in [-0.1, -0.05) is 24.3 Å². The monoisotopic (exact) mass is 353 g/mol. The van der Waals surface area contributed by atoms with E-state index < -0.39 is 0 Å². The maximum Gasteiger partial charge on any atom is 0.248 e. The number of fused-ring (bicyclic) bond motifs is 1. The molecule has 1 aromatic carbocycles. The Morgan fingerprint density at radius 3 is 2.42 bits per heavy atom. The smallest absolute Gasteiger partial charge is 0.248 e. The summed E-state index contributed by atoms with van der Waals surface area (Å²) >= 11 is 0. The Hall–Kier alpha value is -1.63. The molecule has 2 heterocycles. The van der Waals surface area contributed by atoms with Crippen molar-refractivity contribution in [2.75, 3.05) is 39.9 Å². The number of hydrogen-bond donors (Lipinski definition) is 1. The van der Waals surface area contributed by atoms with Crippen molar-refractivity contribution in [1.29, 1.82) is 0 Å². The van der Waals surface area contributed by atoms with Gasteiger partial charge in [-0.15, -0.1) is 12.4 Å². The van der Waals surface area contributed by atoms with Crippen molar-refractivity contribution in [2.24, 2.45) is 0 Å². The van der Waals surface area contributed by atoms with Crippen molar-refractivity contribution in [3.05, 3.63) is 35.4 Å². The van der Waals surface area contributed by atoms with E-state index in [1.54, 1.807) is 4.90 Å². The standard InChI is InChI=1S/C17H23N3O3.ClH/c1-23-12-16(21)19-6-8-20(9-7-19)17(22)15-10-13-4-2-3-5-14(13)11-18-15;/h2-5,15,18H,6-12H2,1H3;1H. The van der Waals surface area contributed by atoms with Crippen LogP contribution in [0, 0.1) is 0 Å². The van der Waals surface area contributed by atoms with E-state index in [4.69, 9.17) is 4.74 Å². The van der Waals surface area contributed by atoms with Gasteiger partial charge in [0.2, 0.25) is 11.8 Å². The molecule has 0 saturated carbocycles. The van der Waals surface area contributed by atoms with Gasteiger partial charge in [-0.3, -0.25) is 9.59 Å². The van der Waals surface area contributed by atoms with Crippen LogP contribution in [0.4, 0.5) is 0 Å². The first kappa shape index (κ1) is 18.7. The summed E-state index contributed by atoms with van der Waals surface area (Å²) in [7, 11) is 1.52. The van der Waals surface area contributed by atoms with Crippen LogP contribution in [0.25, 0.3) is 0 Å². The second kappa shape index (κ2) is 8.46. The quantitative estimate of drug-likeness (QED) is 0.856. The minimum Gasteiger partial charge on any atom is -0.375 e. The lowest BCUT2D eigenvalue weighted by Crippen LogP contribution is -2.56. The van der Waals surface area contributed by atoms with Gasteiger partial charge in [-0.2, -0.15) is 0 Å². The van der Waals surface area contributed by atoms with Crippen LogP contribution >= 0.6 is 12.4 Å². The van der Waals surface area contributed by atoms with Crippen molar-refractivity contribution in [2.45, 2.75) is 19.0 Å². The molecule has 2 aliphatic heterocycles. The number of nitrogens with one attached hydrogen (secondary N) is 1. The third-order valence-corrected chi connectivity index (χ3v) is 4.59. The average molecular weight is 354 g/mol. The molecule has 0 radical (unpaired) electrons. The fourth-order valence-electron chi connectivity index (χ4n) is 3.24. The van der Waals surface area contributed by atoms with E-state index in [0.29, 0.717) is 26.2 Å². The van der Waals surface area contributed by atoms with Crippen LogP contribution < -0.4 is 5.32 Å². The lowest BCUT2D eigenvalue weighted by atomic mass is 9.95. The van der Waals surface area contributed by atoms with Crippen molar-refractivity contribution in [1.82, 2.24) is 15.1 Å². The van der Waals surface area contributed by atoms with Crippen molar-refractivity contribution >= 4 is 24.2 Å². The van der Waals surface area contributed by atoms with Crippen LogP contribution in [0.15, 0.2) is 24.3 Å². The van der Waals surface area contributed by atoms with Crippen LogP contribution in [0.5, 0.6) is 0 Å². The van der Waals surface area contributed by atoms with Gasteiger partial charge >= 0.3 is 0 Å². The van der Waals surface area contributed by atoms with E-state index in [-0.39, 0.29) is 36.9 Å². The second-order valence-electron chi connectivity index (χ2n) is 6.05. The highest BCUT2D eigenvalue weighted by Crippen LogP contribution is 2.18. The number of carbonyl (C=O) groups excluding carboxylic acids is 2. The Morgan fingerprint density at radius 1 is 1.12 bits per heavy atom. The summed E-state index contributed by atoms with van der Waals surface area (Å²) in [5.74, 6) is 0.127. The van der Waals surface area contributed by atoms with Crippen LogP contribution in [0.3, 0.4) is 0 Å². The molecule has 0 aromatic heterocycles. The molecule has 132 valence electrons. The number of rotatable bonds is 3. The SMILES string of the molecule is COCC(=O)N1CCN(C(=O)C2Cc3ccccc3CN2)CC1.Cl. The van der Waals surface area contributed by atoms with E-state index in [9.17, 15) is 9.59 Å². The molecule has 7 heteroatoms. The van der Waals surface area contributed by atoms with Crippen LogP contribution in [0.1, 0.15) is 11.1 Å². The predicted molar refractivity (Wildman–Crippen MR) is 93.1 cm³/mol. The maximum absolute atomic E-state index is 12.7. The Morgan fingerprint density at radius 2 is 1.75 bits per heavy atom. The van der Waals surface area contributed by atoms with Gasteiger partial charge in [0.15, 0.2) is 0 Å². The molecule has 2 aliphatic rings. The van der Waals surface area contributed by atoms with Crippen molar-refractivity contribution in [3.63, 3.8) is 0 Å². The third-order valence-electron chi connectivity index (χ3n) is 4.59. The van der Waals surface area contributed by atoms with Crippen molar-refractivity contribution < 1.29 is 14.3 Å². The summed E-state index contributed by atoms with van der Waals surface area (Å²) in [4.78, 5) is 28.1. The largest absolute Gasteiger partial charge is 0.375 e. The topological polar surface area (TPSA) is 61.9 Å². The van der Waals surface area contributed by atoms with E-state index in [2.05, 4.69) is 17.4 Å². The van der Waals surface area contributed by atoms with Gasteiger partial charge in [0.25, 0.3) is 0 Å². The summed E-state index contributed by atoms with van der Waals surface area (Å²) in [6.45, 7) is 3.19. The van der Waals surface area contributed by atoms with E-state index in [1.807, 2.05) is 17.0 Å². The number of carbonyl (C=O) groups is 2. The van der Waals surface area contributed by atoms with Crippen molar-refractivity contribution in [3.8, 4) is 0 Å². The molecular formula is C17H24ClN3O3. The molecule has 1 saturated heterocycles. The number of halogens is 1. The Bertz CT molecular complexity index is 588. The minimum atomic E-state index is -0.161. The highest BCUT2D eigenvalue weighted by molar-refractivity contribution is 5.85. The predicted octanol–water partition coefficient (Wildman–Crippen LogP) is 0.440. The summed E-state index contributed by atoms with van der Waals surface area (Å²) in [5, 5.41) is 3.33. The molecular weight excluding hydrogens is 330 g/mol. The number of methoxy groups -OCH3 is 1. The third kappa shape index (κ3) is 4.06. The molecule has 0 bridgehead atoms. The zero-order valence-electron chi connectivity index (χ0n) is 13.9. The number of nitrogens with zero attached hydrogens (tertiary/aromatic N) is 2. The van der Waals surface area contributed by atoms with E-state index in [0.717, 1.165) is 13.0 Å². The molecule has 1 fully saturated rings. The first-order valence-corrected chi connectivity index (χ1v) is 8.04. The lowest BCUT2D eigenvalue weighted by molar-refractivity contribution is -0.142. The summed E-state index contributed by atoms with van der Waals surface area (Å²) in [5.41, 5.74) is 2.52. The number of hydrogen-bond acceptors (Lipinski definition) is 4. The van der Waals surface area contributed by atoms with Gasteiger partial charge in [-0.25, -0.2) is 0 Å². The average Bonchev–Trinajstić information content (AvgIpc) is 2.61. The fraction of sp³-hybridized carbons (Fsp3) is 0.529. The molecule has 24 heavy (non-hydrogen) atoms. The zero-order chi connectivity index (χ0) is 16.2. The van der Waals surface area contributed by atoms with Gasteiger partial charge in [-0.05, 0) is 17.5 Å². The first-order valence-electron chi connectivity index (χ1n) is 8.04. The highest BCUT2D eigenvalue weighted by Gasteiger charge is 2.30. The van der Waals surface area contributed by atoms with Crippen LogP contribution in [-0.2, 0) is 27.3 Å². The van der Waals surface area contributed by atoms with E-state index >= 15 is 0 Å². The Labute approximate surface area is 148 Å². The number of amides is 2. The molecule has 3 rings (SSSR count). The molecule has 1 aromatic rings. The highest BCUT2D eigenvalue weighted by atomic mass is 35.5. The van der Waals surface area contributed by atoms with Crippen LogP contribution in [0.2, 0.25) is 0 Å². The zero-order valence-corrected chi connectivity index (χ0v) is 14.7. The molecule has 1 unspecified atom stereocenters. The summed E-state index contributed by atoms with van der Waals surface area (Å²) in [6.07, 6.45) is 0.734. The first-order chi connectivity index (χ1) is 11.2. The number of ether oxygens (including phenoxy) is 1. The molecule has 2 amide bonds. The molecule has 0 spiro atoms. The molecule has 1 atom stereocenters. The number of benzene rings is 1. The van der Waals surface area contributed by atoms with E-state index in [1.165, 1.54) is 18.2 Å². The normalized spacial score (nSPS) is 20.1. The van der Waals surface area contributed by atoms with Gasteiger partial charge in [0.05, 0.1) is 6.04 Å². The lowest BCUT2D eigenvalue weighted by Gasteiger charge is -2.37. The molecule has 0 aliphatic carbocycles. The maximum atomic E-state index is 12.7. The number of piperazine rings is 1. The summed E-state index contributed by atoms with van der Waals surface area (Å²) in [6, 6.07) is 8.08. The molecule has 1 N–H and O–H groups in total. The summed E-state index contributed by atoms with van der Waals surface area (Å²) < 4.78 is 4.88. The fourth-order valence-corrected chi connectivity index (χ4v) is 3.24. The molecule has 6 nitrogen and oxygen atoms in total. The second-order valence-corrected chi connectivity index (χ2v) is 6.05. The van der Waals surface area contributed by atoms with Gasteiger partial charge < -0.3 is 19.9 Å². The minimum absolute atomic E-state index is 0. The Balaban J connectivity index is 0.00000208.